The van der Waals surface area contributed by atoms with Gasteiger partial charge in [-0.15, -0.1) is 0 Å². The van der Waals surface area contributed by atoms with Crippen molar-refractivity contribution >= 4 is 22.6 Å². The minimum atomic E-state index is -0.425. The lowest BCUT2D eigenvalue weighted by molar-refractivity contribution is 0.101. The molecule has 0 bridgehead atoms. The summed E-state index contributed by atoms with van der Waals surface area (Å²) in [6.07, 6.45) is 0. The number of nitrogens with one attached hydrogen (secondary N) is 1. The largest absolute Gasteiger partial charge is 0.497 e. The van der Waals surface area contributed by atoms with Crippen molar-refractivity contribution in [2.24, 2.45) is 0 Å². The van der Waals surface area contributed by atoms with Crippen molar-refractivity contribution in [2.45, 2.75) is 20.8 Å². The molecule has 0 radical (unpaired) electrons. The highest BCUT2D eigenvalue weighted by atomic mass is 16.5. The molecule has 0 unspecified atom stereocenters. The van der Waals surface area contributed by atoms with Gasteiger partial charge in [-0.3, -0.25) is 4.79 Å². The van der Waals surface area contributed by atoms with Gasteiger partial charge >= 0.3 is 0 Å². The van der Waals surface area contributed by atoms with E-state index in [1.807, 2.05) is 32.9 Å². The molecule has 3 rings (SSSR count). The molecule has 146 valence electrons. The summed E-state index contributed by atoms with van der Waals surface area (Å²) in [4.78, 5) is 21.9. The number of methoxy groups -OCH3 is 2. The molecule has 0 fully saturated rings. The molecule has 0 saturated heterocycles. The number of hydrogen-bond donors (Lipinski definition) is 1. The van der Waals surface area contributed by atoms with Crippen LogP contribution in [0.4, 0.5) is 5.69 Å². The number of aromatic nitrogens is 2. The highest BCUT2D eigenvalue weighted by Crippen LogP contribution is 2.27. The van der Waals surface area contributed by atoms with Gasteiger partial charge in [0.1, 0.15) is 11.5 Å². The van der Waals surface area contributed by atoms with Crippen LogP contribution in [0.25, 0.3) is 11.0 Å². The van der Waals surface area contributed by atoms with Gasteiger partial charge < -0.3 is 19.5 Å². The summed E-state index contributed by atoms with van der Waals surface area (Å²) < 4.78 is 16.1. The third-order valence-corrected chi connectivity index (χ3v) is 4.35. The van der Waals surface area contributed by atoms with Gasteiger partial charge in [0.15, 0.2) is 5.69 Å². The second-order valence-corrected chi connectivity index (χ2v) is 6.29. The number of carbonyl (C=O) groups is 1. The van der Waals surface area contributed by atoms with Crippen LogP contribution in [0.2, 0.25) is 0 Å². The summed E-state index contributed by atoms with van der Waals surface area (Å²) in [5.41, 5.74) is 4.15. The van der Waals surface area contributed by atoms with Crippen molar-refractivity contribution in [3.63, 3.8) is 0 Å². The van der Waals surface area contributed by atoms with E-state index >= 15 is 0 Å². The molecule has 7 nitrogen and oxygen atoms in total. The number of benzene rings is 2. The van der Waals surface area contributed by atoms with E-state index in [4.69, 9.17) is 14.2 Å². The van der Waals surface area contributed by atoms with E-state index in [9.17, 15) is 4.79 Å². The van der Waals surface area contributed by atoms with Crippen LogP contribution in [0.1, 0.15) is 28.5 Å². The number of rotatable bonds is 6. The van der Waals surface area contributed by atoms with E-state index in [0.29, 0.717) is 34.8 Å². The fourth-order valence-electron chi connectivity index (χ4n) is 2.75. The second-order valence-electron chi connectivity index (χ2n) is 6.29. The molecular weight excluding hydrogens is 358 g/mol. The maximum atomic E-state index is 12.9. The minimum Gasteiger partial charge on any atom is -0.497 e. The summed E-state index contributed by atoms with van der Waals surface area (Å²) in [5.74, 6) is 0.905. The maximum absolute atomic E-state index is 12.9. The van der Waals surface area contributed by atoms with Gasteiger partial charge in [-0.05, 0) is 44.0 Å². The van der Waals surface area contributed by atoms with Crippen molar-refractivity contribution in [2.75, 3.05) is 26.1 Å². The van der Waals surface area contributed by atoms with Crippen LogP contribution in [0.3, 0.4) is 0 Å². The molecule has 1 heterocycles. The van der Waals surface area contributed by atoms with Crippen molar-refractivity contribution in [1.29, 1.82) is 0 Å². The molecule has 1 amide bonds. The van der Waals surface area contributed by atoms with Crippen LogP contribution in [0.15, 0.2) is 30.3 Å². The zero-order valence-electron chi connectivity index (χ0n) is 16.6. The summed E-state index contributed by atoms with van der Waals surface area (Å²) in [6.45, 7) is 6.21. The number of aryl methyl sites for hydroxylation is 2. The van der Waals surface area contributed by atoms with E-state index in [-0.39, 0.29) is 11.6 Å². The van der Waals surface area contributed by atoms with Crippen molar-refractivity contribution < 1.29 is 19.0 Å². The molecule has 0 aliphatic heterocycles. The van der Waals surface area contributed by atoms with E-state index in [1.54, 1.807) is 32.4 Å². The molecule has 2 aromatic carbocycles. The average molecular weight is 381 g/mol. The van der Waals surface area contributed by atoms with Crippen LogP contribution in [0.5, 0.6) is 17.4 Å². The summed E-state index contributed by atoms with van der Waals surface area (Å²) in [5, 5.41) is 2.82. The Morgan fingerprint density at radius 3 is 2.04 bits per heavy atom. The van der Waals surface area contributed by atoms with Gasteiger partial charge in [-0.25, -0.2) is 9.97 Å². The fraction of sp³-hybridized carbons (Fsp3) is 0.286. The summed E-state index contributed by atoms with van der Waals surface area (Å²) in [7, 11) is 3.10. The standard InChI is InChI=1S/C21H23N3O4/c1-6-28-21-19(23-17-7-12(2)13(3)8-18(17)24-21)20(25)22-14-9-15(26-4)11-16(10-14)27-5/h7-11H,6H2,1-5H3,(H,22,25). The molecule has 7 heteroatoms. The summed E-state index contributed by atoms with van der Waals surface area (Å²) in [6, 6.07) is 8.97. The van der Waals surface area contributed by atoms with Gasteiger partial charge in [0.2, 0.25) is 5.88 Å². The Bertz CT molecular complexity index is 1010. The lowest BCUT2D eigenvalue weighted by Crippen LogP contribution is -2.17. The Hall–Kier alpha value is -3.35. The SMILES string of the molecule is CCOc1nc2cc(C)c(C)cc2nc1C(=O)Nc1cc(OC)cc(OC)c1. The topological polar surface area (TPSA) is 82.6 Å². The lowest BCUT2D eigenvalue weighted by Gasteiger charge is -2.13. The Kier molecular flexibility index (Phi) is 5.63. The molecular formula is C21H23N3O4. The Labute approximate surface area is 163 Å². The lowest BCUT2D eigenvalue weighted by atomic mass is 10.1. The number of anilines is 1. The molecule has 0 saturated carbocycles. The quantitative estimate of drug-likeness (QED) is 0.697. The van der Waals surface area contributed by atoms with Crippen LogP contribution in [-0.2, 0) is 0 Å². The first-order valence-corrected chi connectivity index (χ1v) is 8.91. The zero-order chi connectivity index (χ0) is 20.3. The monoisotopic (exact) mass is 381 g/mol. The third-order valence-electron chi connectivity index (χ3n) is 4.35. The molecule has 1 aromatic heterocycles. The Balaban J connectivity index is 2.02. The van der Waals surface area contributed by atoms with Gasteiger partial charge in [0.05, 0.1) is 31.9 Å². The predicted octanol–water partition coefficient (Wildman–Crippen LogP) is 3.91. The maximum Gasteiger partial charge on any atom is 0.279 e. The number of ether oxygens (including phenoxy) is 3. The second kappa shape index (κ2) is 8.12. The Morgan fingerprint density at radius 2 is 1.50 bits per heavy atom. The van der Waals surface area contributed by atoms with Gasteiger partial charge in [-0.2, -0.15) is 0 Å². The molecule has 3 aromatic rings. The molecule has 0 aliphatic rings. The van der Waals surface area contributed by atoms with Gasteiger partial charge in [0.25, 0.3) is 5.91 Å². The van der Waals surface area contributed by atoms with Crippen LogP contribution in [-0.4, -0.2) is 36.7 Å². The normalized spacial score (nSPS) is 10.6. The average Bonchev–Trinajstić information content (AvgIpc) is 2.68. The molecule has 0 spiro atoms. The van der Waals surface area contributed by atoms with Crippen LogP contribution in [0, 0.1) is 13.8 Å². The van der Waals surface area contributed by atoms with Crippen LogP contribution < -0.4 is 19.5 Å². The third kappa shape index (κ3) is 3.98. The molecule has 0 aliphatic carbocycles. The number of carbonyl (C=O) groups excluding carboxylic acids is 1. The van der Waals surface area contributed by atoms with E-state index in [1.165, 1.54) is 0 Å². The van der Waals surface area contributed by atoms with E-state index in [2.05, 4.69) is 15.3 Å². The molecule has 28 heavy (non-hydrogen) atoms. The fourth-order valence-corrected chi connectivity index (χ4v) is 2.75. The predicted molar refractivity (Wildman–Crippen MR) is 108 cm³/mol. The Morgan fingerprint density at radius 1 is 0.929 bits per heavy atom. The first-order chi connectivity index (χ1) is 13.4. The van der Waals surface area contributed by atoms with E-state index in [0.717, 1.165) is 11.1 Å². The first-order valence-electron chi connectivity index (χ1n) is 8.91. The molecule has 0 atom stereocenters. The van der Waals surface area contributed by atoms with Gasteiger partial charge in [0, 0.05) is 23.9 Å². The summed E-state index contributed by atoms with van der Waals surface area (Å²) >= 11 is 0. The van der Waals surface area contributed by atoms with Crippen molar-refractivity contribution in [3.8, 4) is 17.4 Å². The highest BCUT2D eigenvalue weighted by molar-refractivity contribution is 6.05. The highest BCUT2D eigenvalue weighted by Gasteiger charge is 2.19. The minimum absolute atomic E-state index is 0.124. The van der Waals surface area contributed by atoms with Gasteiger partial charge in [-0.1, -0.05) is 0 Å². The number of fused-ring (bicyclic) bond motifs is 1. The number of hydrogen-bond acceptors (Lipinski definition) is 6. The zero-order valence-corrected chi connectivity index (χ0v) is 16.6. The molecule has 1 N–H and O–H groups in total. The van der Waals surface area contributed by atoms with Crippen molar-refractivity contribution in [1.82, 2.24) is 9.97 Å². The number of amides is 1. The first kappa shape index (κ1) is 19.4. The van der Waals surface area contributed by atoms with Crippen molar-refractivity contribution in [3.05, 3.63) is 47.2 Å². The smallest absolute Gasteiger partial charge is 0.279 e. The van der Waals surface area contributed by atoms with Crippen LogP contribution >= 0.6 is 0 Å². The van der Waals surface area contributed by atoms with E-state index < -0.39 is 5.91 Å². The number of nitrogens with zero attached hydrogens (tertiary/aromatic N) is 2.